The van der Waals surface area contributed by atoms with Crippen LogP contribution in [0.5, 0.6) is 0 Å². The minimum absolute atomic E-state index is 0.264. The summed E-state index contributed by atoms with van der Waals surface area (Å²) in [6, 6.07) is 4.61. The fourth-order valence-electron chi connectivity index (χ4n) is 3.05. The SMILES string of the molecule is Cc1cc(F)ccc1CC1(C(=O)O)CCC(C)C1. The largest absolute Gasteiger partial charge is 0.481 e. The number of hydrogen-bond donors (Lipinski definition) is 1. The molecule has 2 atom stereocenters. The molecule has 0 aliphatic heterocycles. The maximum Gasteiger partial charge on any atom is 0.309 e. The van der Waals surface area contributed by atoms with Crippen molar-refractivity contribution in [3.8, 4) is 0 Å². The van der Waals surface area contributed by atoms with Gasteiger partial charge >= 0.3 is 5.97 Å². The summed E-state index contributed by atoms with van der Waals surface area (Å²) in [6.45, 7) is 3.94. The van der Waals surface area contributed by atoms with Crippen LogP contribution < -0.4 is 0 Å². The molecule has 2 unspecified atom stereocenters. The maximum atomic E-state index is 13.1. The molecule has 98 valence electrons. The van der Waals surface area contributed by atoms with Gasteiger partial charge in [-0.1, -0.05) is 13.0 Å². The van der Waals surface area contributed by atoms with Crippen LogP contribution in [0.3, 0.4) is 0 Å². The molecule has 2 nitrogen and oxygen atoms in total. The van der Waals surface area contributed by atoms with Gasteiger partial charge in [0.2, 0.25) is 0 Å². The highest BCUT2D eigenvalue weighted by Crippen LogP contribution is 2.44. The van der Waals surface area contributed by atoms with E-state index in [2.05, 4.69) is 6.92 Å². The van der Waals surface area contributed by atoms with Crippen molar-refractivity contribution in [3.05, 3.63) is 35.1 Å². The van der Waals surface area contributed by atoms with Crippen molar-refractivity contribution < 1.29 is 14.3 Å². The number of aryl methyl sites for hydroxylation is 1. The molecular formula is C15H19FO2. The number of hydrogen-bond acceptors (Lipinski definition) is 1. The summed E-state index contributed by atoms with van der Waals surface area (Å²) in [7, 11) is 0. The Morgan fingerprint density at radius 1 is 1.56 bits per heavy atom. The molecule has 2 rings (SSSR count). The summed E-state index contributed by atoms with van der Waals surface area (Å²) in [5.74, 6) is -0.516. The number of halogens is 1. The molecule has 0 heterocycles. The van der Waals surface area contributed by atoms with E-state index in [1.807, 2.05) is 6.92 Å². The number of carbonyl (C=O) groups is 1. The second-order valence-electron chi connectivity index (χ2n) is 5.68. The van der Waals surface area contributed by atoms with Crippen LogP contribution in [0.1, 0.15) is 37.3 Å². The molecule has 1 N–H and O–H groups in total. The first kappa shape index (κ1) is 13.1. The van der Waals surface area contributed by atoms with Gasteiger partial charge in [-0.05, 0) is 61.8 Å². The first-order valence-electron chi connectivity index (χ1n) is 6.41. The third-order valence-electron chi connectivity index (χ3n) is 4.14. The zero-order chi connectivity index (χ0) is 13.3. The Kier molecular flexibility index (Phi) is 3.42. The number of carboxylic acids is 1. The third kappa shape index (κ3) is 2.40. The summed E-state index contributed by atoms with van der Waals surface area (Å²) < 4.78 is 13.1. The Morgan fingerprint density at radius 3 is 2.78 bits per heavy atom. The van der Waals surface area contributed by atoms with E-state index < -0.39 is 11.4 Å². The summed E-state index contributed by atoms with van der Waals surface area (Å²) in [5, 5.41) is 9.51. The second kappa shape index (κ2) is 4.71. The zero-order valence-corrected chi connectivity index (χ0v) is 10.9. The van der Waals surface area contributed by atoms with Crippen LogP contribution in [0.2, 0.25) is 0 Å². The summed E-state index contributed by atoms with van der Waals surface area (Å²) >= 11 is 0. The van der Waals surface area contributed by atoms with E-state index in [4.69, 9.17) is 0 Å². The van der Waals surface area contributed by atoms with E-state index >= 15 is 0 Å². The lowest BCUT2D eigenvalue weighted by atomic mass is 9.78. The predicted molar refractivity (Wildman–Crippen MR) is 67.9 cm³/mol. The van der Waals surface area contributed by atoms with Gasteiger partial charge in [0.05, 0.1) is 5.41 Å². The van der Waals surface area contributed by atoms with E-state index in [1.165, 1.54) is 12.1 Å². The molecule has 1 aliphatic carbocycles. The van der Waals surface area contributed by atoms with Crippen molar-refractivity contribution in [3.63, 3.8) is 0 Å². The molecule has 1 aromatic rings. The zero-order valence-electron chi connectivity index (χ0n) is 10.9. The summed E-state index contributed by atoms with van der Waals surface area (Å²) in [6.07, 6.45) is 2.92. The van der Waals surface area contributed by atoms with Crippen LogP contribution in [0.4, 0.5) is 4.39 Å². The molecule has 0 spiro atoms. The van der Waals surface area contributed by atoms with Crippen LogP contribution in [-0.2, 0) is 11.2 Å². The smallest absolute Gasteiger partial charge is 0.309 e. The lowest BCUT2D eigenvalue weighted by Gasteiger charge is -2.25. The summed E-state index contributed by atoms with van der Waals surface area (Å²) in [4.78, 5) is 11.6. The van der Waals surface area contributed by atoms with Crippen molar-refractivity contribution in [2.24, 2.45) is 11.3 Å². The fourth-order valence-corrected chi connectivity index (χ4v) is 3.05. The highest BCUT2D eigenvalue weighted by molar-refractivity contribution is 5.75. The third-order valence-corrected chi connectivity index (χ3v) is 4.14. The first-order chi connectivity index (χ1) is 8.43. The highest BCUT2D eigenvalue weighted by atomic mass is 19.1. The van der Waals surface area contributed by atoms with Gasteiger partial charge in [0.1, 0.15) is 5.82 Å². The van der Waals surface area contributed by atoms with Crippen LogP contribution in [0.25, 0.3) is 0 Å². The van der Waals surface area contributed by atoms with Gasteiger partial charge in [-0.3, -0.25) is 4.79 Å². The number of carboxylic acid groups (broad SMARTS) is 1. The average Bonchev–Trinajstić information content (AvgIpc) is 2.66. The molecule has 18 heavy (non-hydrogen) atoms. The van der Waals surface area contributed by atoms with Gasteiger partial charge in [-0.15, -0.1) is 0 Å². The number of rotatable bonds is 3. The lowest BCUT2D eigenvalue weighted by molar-refractivity contribution is -0.148. The Bertz CT molecular complexity index is 470. The van der Waals surface area contributed by atoms with Gasteiger partial charge in [0.15, 0.2) is 0 Å². The van der Waals surface area contributed by atoms with E-state index in [0.717, 1.165) is 30.4 Å². The predicted octanol–water partition coefficient (Wildman–Crippen LogP) is 3.57. The molecule has 3 heteroatoms. The molecular weight excluding hydrogens is 231 g/mol. The standard InChI is InChI=1S/C15H19FO2/c1-10-5-6-15(8-10,14(17)18)9-12-3-4-13(16)7-11(12)2/h3-4,7,10H,5-6,8-9H2,1-2H3,(H,17,18). The van der Waals surface area contributed by atoms with Crippen LogP contribution in [0, 0.1) is 24.1 Å². The normalized spacial score (nSPS) is 27.4. The molecule has 0 radical (unpaired) electrons. The Hall–Kier alpha value is -1.38. The van der Waals surface area contributed by atoms with Crippen molar-refractivity contribution >= 4 is 5.97 Å². The minimum atomic E-state index is -0.712. The van der Waals surface area contributed by atoms with Crippen molar-refractivity contribution in [2.75, 3.05) is 0 Å². The van der Waals surface area contributed by atoms with E-state index in [9.17, 15) is 14.3 Å². The fraction of sp³-hybridized carbons (Fsp3) is 0.533. The molecule has 0 aromatic heterocycles. The molecule has 1 aromatic carbocycles. The van der Waals surface area contributed by atoms with Crippen molar-refractivity contribution in [2.45, 2.75) is 39.5 Å². The quantitative estimate of drug-likeness (QED) is 0.890. The van der Waals surface area contributed by atoms with Gasteiger partial charge in [-0.25, -0.2) is 4.39 Å². The van der Waals surface area contributed by atoms with Crippen LogP contribution in [0.15, 0.2) is 18.2 Å². The molecule has 0 amide bonds. The Morgan fingerprint density at radius 2 is 2.28 bits per heavy atom. The van der Waals surface area contributed by atoms with E-state index in [-0.39, 0.29) is 5.82 Å². The summed E-state index contributed by atoms with van der Waals surface area (Å²) in [5.41, 5.74) is 1.14. The molecule has 1 fully saturated rings. The number of benzene rings is 1. The Balaban J connectivity index is 2.27. The minimum Gasteiger partial charge on any atom is -0.481 e. The van der Waals surface area contributed by atoms with Crippen molar-refractivity contribution in [1.82, 2.24) is 0 Å². The van der Waals surface area contributed by atoms with Gasteiger partial charge in [-0.2, -0.15) is 0 Å². The highest BCUT2D eigenvalue weighted by Gasteiger charge is 2.44. The topological polar surface area (TPSA) is 37.3 Å². The van der Waals surface area contributed by atoms with Crippen molar-refractivity contribution in [1.29, 1.82) is 0 Å². The molecule has 1 aliphatic rings. The van der Waals surface area contributed by atoms with Gasteiger partial charge in [0, 0.05) is 0 Å². The van der Waals surface area contributed by atoms with E-state index in [1.54, 1.807) is 6.07 Å². The molecule has 1 saturated carbocycles. The second-order valence-corrected chi connectivity index (χ2v) is 5.68. The molecule has 0 saturated heterocycles. The molecule has 0 bridgehead atoms. The van der Waals surface area contributed by atoms with E-state index in [0.29, 0.717) is 12.3 Å². The average molecular weight is 250 g/mol. The Labute approximate surface area is 107 Å². The maximum absolute atomic E-state index is 13.1. The first-order valence-corrected chi connectivity index (χ1v) is 6.41. The van der Waals surface area contributed by atoms with Gasteiger partial charge in [0.25, 0.3) is 0 Å². The van der Waals surface area contributed by atoms with Crippen LogP contribution >= 0.6 is 0 Å². The number of aliphatic carboxylic acids is 1. The lowest BCUT2D eigenvalue weighted by Crippen LogP contribution is -2.31. The van der Waals surface area contributed by atoms with Crippen LogP contribution in [-0.4, -0.2) is 11.1 Å². The van der Waals surface area contributed by atoms with Gasteiger partial charge < -0.3 is 5.11 Å². The monoisotopic (exact) mass is 250 g/mol.